The van der Waals surface area contributed by atoms with Gasteiger partial charge in [-0.05, 0) is 37.6 Å². The maximum absolute atomic E-state index is 6.07. The van der Waals surface area contributed by atoms with E-state index in [4.69, 9.17) is 16.6 Å². The Morgan fingerprint density at radius 3 is 2.55 bits per heavy atom. The highest BCUT2D eigenvalue weighted by Gasteiger charge is 2.13. The Bertz CT molecular complexity index is 729. The lowest BCUT2D eigenvalue weighted by molar-refractivity contribution is 0.591. The Morgan fingerprint density at radius 2 is 1.85 bits per heavy atom. The molecule has 3 rings (SSSR count). The molecule has 2 aromatic carbocycles. The fourth-order valence-electron chi connectivity index (χ4n) is 2.60. The van der Waals surface area contributed by atoms with Crippen molar-refractivity contribution in [2.24, 2.45) is 0 Å². The van der Waals surface area contributed by atoms with Crippen molar-refractivity contribution in [3.05, 3.63) is 64.9 Å². The minimum absolute atomic E-state index is 0.375. The highest BCUT2D eigenvalue weighted by atomic mass is 35.5. The number of imidazole rings is 1. The van der Waals surface area contributed by atoms with Crippen LogP contribution in [0.1, 0.15) is 31.3 Å². The fourth-order valence-corrected chi connectivity index (χ4v) is 2.77. The van der Waals surface area contributed by atoms with Crippen LogP contribution in [0.2, 0.25) is 5.02 Å². The van der Waals surface area contributed by atoms with E-state index in [1.165, 1.54) is 5.56 Å². The molecule has 0 fully saturated rings. The van der Waals surface area contributed by atoms with Gasteiger partial charge in [0.25, 0.3) is 0 Å². The van der Waals surface area contributed by atoms with E-state index in [0.29, 0.717) is 6.04 Å². The quantitative estimate of drug-likeness (QED) is 0.671. The minimum Gasteiger partial charge on any atom is -0.325 e. The van der Waals surface area contributed by atoms with Gasteiger partial charge in [-0.1, -0.05) is 41.9 Å². The van der Waals surface area contributed by atoms with Crippen molar-refractivity contribution in [2.75, 3.05) is 0 Å². The van der Waals surface area contributed by atoms with Gasteiger partial charge in [-0.15, -0.1) is 0 Å². The number of benzene rings is 2. The molecule has 1 heterocycles. The summed E-state index contributed by atoms with van der Waals surface area (Å²) in [5.41, 5.74) is 3.39. The predicted octanol–water partition coefficient (Wildman–Crippen LogP) is 4.86. The first-order chi connectivity index (χ1) is 9.65. The molecule has 0 atom stereocenters. The molecule has 0 spiro atoms. The Labute approximate surface area is 124 Å². The first-order valence-electron chi connectivity index (χ1n) is 6.85. The van der Waals surface area contributed by atoms with Crippen molar-refractivity contribution < 1.29 is 0 Å². The number of hydrogen-bond acceptors (Lipinski definition) is 1. The fraction of sp³-hybridized carbons (Fsp3) is 0.235. The van der Waals surface area contributed by atoms with Gasteiger partial charge in [0.05, 0.1) is 11.0 Å². The van der Waals surface area contributed by atoms with Gasteiger partial charge in [0.1, 0.15) is 5.82 Å². The van der Waals surface area contributed by atoms with Crippen molar-refractivity contribution in [3.63, 3.8) is 0 Å². The molecule has 2 nitrogen and oxygen atoms in total. The molecule has 20 heavy (non-hydrogen) atoms. The molecule has 1 aromatic heterocycles. The number of rotatable bonds is 3. The highest BCUT2D eigenvalue weighted by molar-refractivity contribution is 6.31. The zero-order chi connectivity index (χ0) is 14.1. The molecule has 0 aliphatic carbocycles. The Kier molecular flexibility index (Phi) is 3.49. The van der Waals surface area contributed by atoms with Gasteiger partial charge in [-0.25, -0.2) is 4.98 Å². The van der Waals surface area contributed by atoms with Gasteiger partial charge in [-0.2, -0.15) is 0 Å². The van der Waals surface area contributed by atoms with Crippen LogP contribution in [-0.2, 0) is 6.42 Å². The van der Waals surface area contributed by atoms with E-state index < -0.39 is 0 Å². The van der Waals surface area contributed by atoms with E-state index in [-0.39, 0.29) is 0 Å². The van der Waals surface area contributed by atoms with Gasteiger partial charge in [-0.3, -0.25) is 0 Å². The molecular formula is C17H17ClN2. The SMILES string of the molecule is CC(C)n1c(Cc2ccccc2)nc2cc(Cl)ccc21. The Morgan fingerprint density at radius 1 is 1.10 bits per heavy atom. The zero-order valence-corrected chi connectivity index (χ0v) is 12.4. The summed E-state index contributed by atoms with van der Waals surface area (Å²) in [5.74, 6) is 1.09. The summed E-state index contributed by atoms with van der Waals surface area (Å²) in [6, 6.07) is 16.7. The number of halogens is 1. The number of fused-ring (bicyclic) bond motifs is 1. The second-order valence-corrected chi connectivity index (χ2v) is 5.72. The van der Waals surface area contributed by atoms with Crippen molar-refractivity contribution in [1.82, 2.24) is 9.55 Å². The van der Waals surface area contributed by atoms with E-state index >= 15 is 0 Å². The van der Waals surface area contributed by atoms with Crippen molar-refractivity contribution >= 4 is 22.6 Å². The van der Waals surface area contributed by atoms with Gasteiger partial charge in [0.15, 0.2) is 0 Å². The number of nitrogens with zero attached hydrogens (tertiary/aromatic N) is 2. The third-order valence-corrected chi connectivity index (χ3v) is 3.68. The van der Waals surface area contributed by atoms with Crippen LogP contribution in [0.3, 0.4) is 0 Å². The van der Waals surface area contributed by atoms with E-state index in [2.05, 4.69) is 48.7 Å². The van der Waals surface area contributed by atoms with Crippen LogP contribution in [0.15, 0.2) is 48.5 Å². The zero-order valence-electron chi connectivity index (χ0n) is 11.7. The van der Waals surface area contributed by atoms with E-state index in [1.54, 1.807) is 0 Å². The summed E-state index contributed by atoms with van der Waals surface area (Å²) in [6.07, 6.45) is 0.839. The van der Waals surface area contributed by atoms with E-state index in [0.717, 1.165) is 28.3 Å². The average Bonchev–Trinajstić information content (AvgIpc) is 2.76. The third kappa shape index (κ3) is 2.44. The number of aromatic nitrogens is 2. The van der Waals surface area contributed by atoms with Gasteiger partial charge in [0, 0.05) is 17.5 Å². The standard InChI is InChI=1S/C17H17ClN2/c1-12(2)20-16-9-8-14(18)11-15(16)19-17(20)10-13-6-4-3-5-7-13/h3-9,11-12H,10H2,1-2H3. The molecule has 0 aliphatic rings. The summed E-state index contributed by atoms with van der Waals surface area (Å²) in [6.45, 7) is 4.37. The molecule has 0 amide bonds. The summed E-state index contributed by atoms with van der Waals surface area (Å²) < 4.78 is 2.29. The van der Waals surface area contributed by atoms with Crippen LogP contribution in [0.5, 0.6) is 0 Å². The van der Waals surface area contributed by atoms with Crippen molar-refractivity contribution in [2.45, 2.75) is 26.3 Å². The van der Waals surface area contributed by atoms with Crippen molar-refractivity contribution in [1.29, 1.82) is 0 Å². The van der Waals surface area contributed by atoms with Crippen molar-refractivity contribution in [3.8, 4) is 0 Å². The molecule has 3 heteroatoms. The third-order valence-electron chi connectivity index (χ3n) is 3.45. The topological polar surface area (TPSA) is 17.8 Å². The summed E-state index contributed by atoms with van der Waals surface area (Å²) in [5, 5.41) is 0.733. The molecule has 0 unspecified atom stereocenters. The largest absolute Gasteiger partial charge is 0.325 e. The molecule has 0 N–H and O–H groups in total. The average molecular weight is 285 g/mol. The van der Waals surface area contributed by atoms with Crippen LogP contribution in [0, 0.1) is 0 Å². The normalized spacial score (nSPS) is 11.4. The van der Waals surface area contributed by atoms with Crippen LogP contribution >= 0.6 is 11.6 Å². The van der Waals surface area contributed by atoms with Gasteiger partial charge >= 0.3 is 0 Å². The molecular weight excluding hydrogens is 268 g/mol. The lowest BCUT2D eigenvalue weighted by Gasteiger charge is -2.13. The molecule has 0 radical (unpaired) electrons. The van der Waals surface area contributed by atoms with E-state index in [9.17, 15) is 0 Å². The summed E-state index contributed by atoms with van der Waals surface area (Å²) >= 11 is 6.07. The molecule has 0 saturated carbocycles. The minimum atomic E-state index is 0.375. The Hall–Kier alpha value is -1.80. The first-order valence-corrected chi connectivity index (χ1v) is 7.23. The molecule has 0 bridgehead atoms. The maximum atomic E-state index is 6.07. The first kappa shape index (κ1) is 13.2. The molecule has 102 valence electrons. The van der Waals surface area contributed by atoms with Crippen LogP contribution < -0.4 is 0 Å². The van der Waals surface area contributed by atoms with Crippen LogP contribution in [0.4, 0.5) is 0 Å². The van der Waals surface area contributed by atoms with E-state index in [1.807, 2.05) is 18.2 Å². The second kappa shape index (κ2) is 5.29. The second-order valence-electron chi connectivity index (χ2n) is 5.29. The van der Waals surface area contributed by atoms with Crippen LogP contribution in [0.25, 0.3) is 11.0 Å². The summed E-state index contributed by atoms with van der Waals surface area (Å²) in [7, 11) is 0. The molecule has 0 saturated heterocycles. The Balaban J connectivity index is 2.12. The highest BCUT2D eigenvalue weighted by Crippen LogP contribution is 2.25. The number of hydrogen-bond donors (Lipinski definition) is 0. The van der Waals surface area contributed by atoms with Gasteiger partial charge < -0.3 is 4.57 Å². The lowest BCUT2D eigenvalue weighted by Crippen LogP contribution is -2.06. The summed E-state index contributed by atoms with van der Waals surface area (Å²) in [4.78, 5) is 4.77. The van der Waals surface area contributed by atoms with Gasteiger partial charge in [0.2, 0.25) is 0 Å². The molecule has 3 aromatic rings. The maximum Gasteiger partial charge on any atom is 0.114 e. The smallest absolute Gasteiger partial charge is 0.114 e. The lowest BCUT2D eigenvalue weighted by atomic mass is 10.1. The van der Waals surface area contributed by atoms with Crippen LogP contribution in [-0.4, -0.2) is 9.55 Å². The predicted molar refractivity (Wildman–Crippen MR) is 84.4 cm³/mol. The molecule has 0 aliphatic heterocycles. The monoisotopic (exact) mass is 284 g/mol.